The van der Waals surface area contributed by atoms with Crippen LogP contribution in [0.4, 0.5) is 4.79 Å². The van der Waals surface area contributed by atoms with E-state index in [1.165, 1.54) is 5.56 Å². The van der Waals surface area contributed by atoms with Gasteiger partial charge >= 0.3 is 6.03 Å². The van der Waals surface area contributed by atoms with Gasteiger partial charge in [0.1, 0.15) is 0 Å². The van der Waals surface area contributed by atoms with Crippen molar-refractivity contribution in [3.8, 4) is 0 Å². The Balaban J connectivity index is 1.74. The maximum absolute atomic E-state index is 12.3. The number of nitrogens with one attached hydrogen (secondary N) is 1. The SMILES string of the molecule is CC(C)OCCCNC(=O)N1CCCC1Cc1ccccc1. The number of ether oxygens (including phenoxy) is 1. The molecule has 122 valence electrons. The third-order valence-electron chi connectivity index (χ3n) is 4.00. The molecule has 1 atom stereocenters. The summed E-state index contributed by atoms with van der Waals surface area (Å²) >= 11 is 0. The van der Waals surface area contributed by atoms with Crippen LogP contribution in [0, 0.1) is 0 Å². The van der Waals surface area contributed by atoms with Crippen molar-refractivity contribution in [3.63, 3.8) is 0 Å². The van der Waals surface area contributed by atoms with Crippen LogP contribution < -0.4 is 5.32 Å². The summed E-state index contributed by atoms with van der Waals surface area (Å²) in [7, 11) is 0. The van der Waals surface area contributed by atoms with E-state index in [2.05, 4.69) is 29.6 Å². The second-order valence-corrected chi connectivity index (χ2v) is 6.18. The van der Waals surface area contributed by atoms with Gasteiger partial charge < -0.3 is 15.0 Å². The van der Waals surface area contributed by atoms with E-state index in [4.69, 9.17) is 4.74 Å². The molecule has 1 fully saturated rings. The van der Waals surface area contributed by atoms with Crippen LogP contribution >= 0.6 is 0 Å². The van der Waals surface area contributed by atoms with Crippen LogP contribution in [-0.2, 0) is 11.2 Å². The number of rotatable bonds is 7. The van der Waals surface area contributed by atoms with Crippen molar-refractivity contribution in [1.29, 1.82) is 0 Å². The van der Waals surface area contributed by atoms with Crippen LogP contribution in [0.5, 0.6) is 0 Å². The predicted octanol–water partition coefficient (Wildman–Crippen LogP) is 3.22. The van der Waals surface area contributed by atoms with E-state index in [9.17, 15) is 4.79 Å². The number of nitrogens with zero attached hydrogens (tertiary/aromatic N) is 1. The van der Waals surface area contributed by atoms with E-state index in [1.807, 2.05) is 24.8 Å². The summed E-state index contributed by atoms with van der Waals surface area (Å²) in [6, 6.07) is 10.8. The van der Waals surface area contributed by atoms with Gasteiger partial charge in [-0.1, -0.05) is 30.3 Å². The topological polar surface area (TPSA) is 41.6 Å². The van der Waals surface area contributed by atoms with Crippen molar-refractivity contribution in [2.75, 3.05) is 19.7 Å². The van der Waals surface area contributed by atoms with E-state index in [-0.39, 0.29) is 12.1 Å². The molecule has 22 heavy (non-hydrogen) atoms. The Kier molecular flexibility index (Phi) is 6.72. The average Bonchev–Trinajstić information content (AvgIpc) is 2.95. The zero-order chi connectivity index (χ0) is 15.8. The second kappa shape index (κ2) is 8.79. The summed E-state index contributed by atoms with van der Waals surface area (Å²) in [5.74, 6) is 0. The first-order valence-electron chi connectivity index (χ1n) is 8.37. The molecule has 1 N–H and O–H groups in total. The third kappa shape index (κ3) is 5.34. The lowest BCUT2D eigenvalue weighted by molar-refractivity contribution is 0.0771. The zero-order valence-corrected chi connectivity index (χ0v) is 13.8. The van der Waals surface area contributed by atoms with Gasteiger partial charge in [0.2, 0.25) is 0 Å². The molecule has 1 unspecified atom stereocenters. The molecule has 4 nitrogen and oxygen atoms in total. The molecule has 2 amide bonds. The molecule has 0 saturated carbocycles. The third-order valence-corrected chi connectivity index (χ3v) is 4.00. The number of carbonyl (C=O) groups is 1. The van der Waals surface area contributed by atoms with Crippen LogP contribution in [0.25, 0.3) is 0 Å². The second-order valence-electron chi connectivity index (χ2n) is 6.18. The van der Waals surface area contributed by atoms with Crippen LogP contribution in [0.15, 0.2) is 30.3 Å². The van der Waals surface area contributed by atoms with Gasteiger partial charge in [0.15, 0.2) is 0 Å². The average molecular weight is 304 g/mol. The molecule has 0 spiro atoms. The number of amides is 2. The molecule has 1 aromatic carbocycles. The zero-order valence-electron chi connectivity index (χ0n) is 13.8. The van der Waals surface area contributed by atoms with E-state index in [0.717, 1.165) is 32.2 Å². The number of carbonyl (C=O) groups excluding carboxylic acids is 1. The number of hydrogen-bond donors (Lipinski definition) is 1. The first kappa shape index (κ1) is 16.8. The molecule has 1 aliphatic heterocycles. The first-order chi connectivity index (χ1) is 10.7. The van der Waals surface area contributed by atoms with Gasteiger partial charge in [-0.05, 0) is 45.1 Å². The predicted molar refractivity (Wildman–Crippen MR) is 89.0 cm³/mol. The number of benzene rings is 1. The highest BCUT2D eigenvalue weighted by Crippen LogP contribution is 2.21. The van der Waals surface area contributed by atoms with E-state index < -0.39 is 0 Å². The van der Waals surface area contributed by atoms with Gasteiger partial charge in [-0.15, -0.1) is 0 Å². The molecular weight excluding hydrogens is 276 g/mol. The van der Waals surface area contributed by atoms with Crippen molar-refractivity contribution in [2.45, 2.75) is 51.7 Å². The van der Waals surface area contributed by atoms with E-state index in [1.54, 1.807) is 0 Å². The van der Waals surface area contributed by atoms with Crippen molar-refractivity contribution < 1.29 is 9.53 Å². The minimum atomic E-state index is 0.0722. The Bertz CT molecular complexity index is 448. The summed E-state index contributed by atoms with van der Waals surface area (Å²) in [5, 5.41) is 3.02. The minimum absolute atomic E-state index is 0.0722. The highest BCUT2D eigenvalue weighted by Gasteiger charge is 2.28. The van der Waals surface area contributed by atoms with Gasteiger partial charge in [-0.3, -0.25) is 0 Å². The summed E-state index contributed by atoms with van der Waals surface area (Å²) in [5.41, 5.74) is 1.30. The molecule has 0 radical (unpaired) electrons. The van der Waals surface area contributed by atoms with Crippen LogP contribution in [0.3, 0.4) is 0 Å². The van der Waals surface area contributed by atoms with Crippen LogP contribution in [-0.4, -0.2) is 42.8 Å². The summed E-state index contributed by atoms with van der Waals surface area (Å²) in [6.45, 7) is 6.30. The van der Waals surface area contributed by atoms with E-state index in [0.29, 0.717) is 19.2 Å². The van der Waals surface area contributed by atoms with E-state index >= 15 is 0 Å². The molecule has 1 aliphatic rings. The lowest BCUT2D eigenvalue weighted by atomic mass is 10.0. The fourth-order valence-electron chi connectivity index (χ4n) is 2.89. The maximum atomic E-state index is 12.3. The Labute approximate surface area is 133 Å². The normalized spacial score (nSPS) is 18.0. The molecule has 0 bridgehead atoms. The fourth-order valence-corrected chi connectivity index (χ4v) is 2.89. The standard InChI is InChI=1S/C18H28N2O2/c1-15(2)22-13-7-11-19-18(21)20-12-6-10-17(20)14-16-8-4-3-5-9-16/h3-5,8-9,15,17H,6-7,10-14H2,1-2H3,(H,19,21). The van der Waals surface area contributed by atoms with Gasteiger partial charge in [-0.25, -0.2) is 4.79 Å². The summed E-state index contributed by atoms with van der Waals surface area (Å²) in [6.07, 6.45) is 4.26. The highest BCUT2D eigenvalue weighted by atomic mass is 16.5. The van der Waals surface area contributed by atoms with Crippen LogP contribution in [0.1, 0.15) is 38.7 Å². The molecule has 1 saturated heterocycles. The monoisotopic (exact) mass is 304 g/mol. The van der Waals surface area contributed by atoms with Crippen LogP contribution in [0.2, 0.25) is 0 Å². The lowest BCUT2D eigenvalue weighted by Gasteiger charge is -2.25. The molecule has 2 rings (SSSR count). The number of likely N-dealkylation sites (tertiary alicyclic amines) is 1. The van der Waals surface area contributed by atoms with Gasteiger partial charge in [0.05, 0.1) is 6.10 Å². The van der Waals surface area contributed by atoms with Crippen molar-refractivity contribution >= 4 is 6.03 Å². The summed E-state index contributed by atoms with van der Waals surface area (Å²) < 4.78 is 5.48. The molecule has 1 heterocycles. The molecule has 1 aromatic rings. The van der Waals surface area contributed by atoms with Crippen molar-refractivity contribution in [1.82, 2.24) is 10.2 Å². The number of urea groups is 1. The van der Waals surface area contributed by atoms with Crippen molar-refractivity contribution in [2.24, 2.45) is 0 Å². The molecule has 0 aliphatic carbocycles. The Morgan fingerprint density at radius 2 is 2.14 bits per heavy atom. The highest BCUT2D eigenvalue weighted by molar-refractivity contribution is 5.74. The Hall–Kier alpha value is -1.55. The maximum Gasteiger partial charge on any atom is 0.317 e. The van der Waals surface area contributed by atoms with Crippen molar-refractivity contribution in [3.05, 3.63) is 35.9 Å². The fraction of sp³-hybridized carbons (Fsp3) is 0.611. The summed E-state index contributed by atoms with van der Waals surface area (Å²) in [4.78, 5) is 14.3. The first-order valence-corrected chi connectivity index (χ1v) is 8.37. The van der Waals surface area contributed by atoms with Gasteiger partial charge in [0.25, 0.3) is 0 Å². The largest absolute Gasteiger partial charge is 0.379 e. The molecular formula is C18H28N2O2. The lowest BCUT2D eigenvalue weighted by Crippen LogP contribution is -2.44. The quantitative estimate of drug-likeness (QED) is 0.786. The Morgan fingerprint density at radius 1 is 1.36 bits per heavy atom. The van der Waals surface area contributed by atoms with Gasteiger partial charge in [0, 0.05) is 25.7 Å². The smallest absolute Gasteiger partial charge is 0.317 e. The Morgan fingerprint density at radius 3 is 2.86 bits per heavy atom. The van der Waals surface area contributed by atoms with Gasteiger partial charge in [-0.2, -0.15) is 0 Å². The molecule has 0 aromatic heterocycles. The minimum Gasteiger partial charge on any atom is -0.379 e. The molecule has 4 heteroatoms. The number of hydrogen-bond acceptors (Lipinski definition) is 2.